The zero-order valence-corrected chi connectivity index (χ0v) is 9.03. The minimum absolute atomic E-state index is 0.00313. The van der Waals surface area contributed by atoms with E-state index in [1.165, 1.54) is 0 Å². The van der Waals surface area contributed by atoms with Gasteiger partial charge in [-0.3, -0.25) is 9.69 Å². The van der Waals surface area contributed by atoms with Crippen LogP contribution < -0.4 is 0 Å². The van der Waals surface area contributed by atoms with Crippen molar-refractivity contribution in [3.8, 4) is 6.07 Å². The summed E-state index contributed by atoms with van der Waals surface area (Å²) >= 11 is 0. The molecule has 4 nitrogen and oxygen atoms in total. The smallest absolute Gasteiger partial charge is 0.236 e. The average molecular weight is 195 g/mol. The van der Waals surface area contributed by atoms with Crippen LogP contribution in [0, 0.1) is 11.3 Å². The first-order chi connectivity index (χ1) is 6.56. The van der Waals surface area contributed by atoms with E-state index in [4.69, 9.17) is 5.26 Å². The maximum absolute atomic E-state index is 11.5. The first kappa shape index (κ1) is 11.0. The van der Waals surface area contributed by atoms with Crippen LogP contribution in [0.3, 0.4) is 0 Å². The molecule has 0 aromatic rings. The molecule has 1 rings (SSSR count). The molecule has 0 unspecified atom stereocenters. The van der Waals surface area contributed by atoms with Crippen molar-refractivity contribution in [2.75, 3.05) is 20.1 Å². The second-order valence-corrected chi connectivity index (χ2v) is 4.00. The van der Waals surface area contributed by atoms with Crippen molar-refractivity contribution in [3.05, 3.63) is 0 Å². The Morgan fingerprint density at radius 2 is 1.93 bits per heavy atom. The van der Waals surface area contributed by atoms with Gasteiger partial charge in [0, 0.05) is 25.2 Å². The largest absolute Gasteiger partial charge is 0.339 e. The van der Waals surface area contributed by atoms with Crippen molar-refractivity contribution in [1.82, 2.24) is 9.80 Å². The third-order valence-corrected chi connectivity index (χ3v) is 2.94. The SMILES string of the molecule is C[C@@H]1CN(C(=O)CC#N)C[C@H](C)N1C. The van der Waals surface area contributed by atoms with Gasteiger partial charge >= 0.3 is 0 Å². The third kappa shape index (κ3) is 2.24. The zero-order chi connectivity index (χ0) is 10.7. The first-order valence-electron chi connectivity index (χ1n) is 4.93. The van der Waals surface area contributed by atoms with Crippen LogP contribution >= 0.6 is 0 Å². The van der Waals surface area contributed by atoms with Gasteiger partial charge in [0.25, 0.3) is 0 Å². The summed E-state index contributed by atoms with van der Waals surface area (Å²) in [5.41, 5.74) is 0. The number of rotatable bonds is 1. The molecule has 0 bridgehead atoms. The lowest BCUT2D eigenvalue weighted by atomic mass is 10.1. The van der Waals surface area contributed by atoms with Crippen LogP contribution in [0.4, 0.5) is 0 Å². The number of piperazine rings is 1. The van der Waals surface area contributed by atoms with Crippen molar-refractivity contribution < 1.29 is 4.79 Å². The molecule has 1 fully saturated rings. The van der Waals surface area contributed by atoms with Crippen molar-refractivity contribution >= 4 is 5.91 Å². The van der Waals surface area contributed by atoms with Gasteiger partial charge in [-0.25, -0.2) is 0 Å². The Kier molecular flexibility index (Phi) is 3.48. The molecule has 0 N–H and O–H groups in total. The van der Waals surface area contributed by atoms with Crippen LogP contribution in [0.15, 0.2) is 0 Å². The Labute approximate surface area is 85.1 Å². The molecule has 1 aliphatic heterocycles. The van der Waals surface area contributed by atoms with Crippen LogP contribution in [-0.2, 0) is 4.79 Å². The molecule has 0 aliphatic carbocycles. The molecule has 14 heavy (non-hydrogen) atoms. The maximum Gasteiger partial charge on any atom is 0.236 e. The number of hydrogen-bond donors (Lipinski definition) is 0. The summed E-state index contributed by atoms with van der Waals surface area (Å²) in [5.74, 6) is -0.0423. The Morgan fingerprint density at radius 3 is 2.36 bits per heavy atom. The average Bonchev–Trinajstić information content (AvgIpc) is 2.13. The number of carbonyl (C=O) groups is 1. The highest BCUT2D eigenvalue weighted by Gasteiger charge is 2.28. The summed E-state index contributed by atoms with van der Waals surface area (Å²) in [6, 6.07) is 2.65. The summed E-state index contributed by atoms with van der Waals surface area (Å²) in [6.45, 7) is 5.67. The van der Waals surface area contributed by atoms with E-state index in [1.54, 1.807) is 4.90 Å². The van der Waals surface area contributed by atoms with Gasteiger partial charge in [-0.2, -0.15) is 5.26 Å². The van der Waals surface area contributed by atoms with E-state index >= 15 is 0 Å². The molecule has 1 saturated heterocycles. The summed E-state index contributed by atoms with van der Waals surface area (Å²) in [6.07, 6.45) is 0.00313. The normalized spacial score (nSPS) is 28.6. The fraction of sp³-hybridized carbons (Fsp3) is 0.800. The van der Waals surface area contributed by atoms with Crippen LogP contribution in [0.25, 0.3) is 0 Å². The second kappa shape index (κ2) is 4.43. The van der Waals surface area contributed by atoms with Crippen molar-refractivity contribution in [2.24, 2.45) is 0 Å². The Bertz CT molecular complexity index is 247. The minimum Gasteiger partial charge on any atom is -0.339 e. The minimum atomic E-state index is -0.0423. The monoisotopic (exact) mass is 195 g/mol. The second-order valence-electron chi connectivity index (χ2n) is 4.00. The number of nitrogens with zero attached hydrogens (tertiary/aromatic N) is 3. The number of carbonyl (C=O) groups excluding carboxylic acids is 1. The third-order valence-electron chi connectivity index (χ3n) is 2.94. The predicted octanol–water partition coefficient (Wildman–Crippen LogP) is 0.451. The fourth-order valence-corrected chi connectivity index (χ4v) is 1.79. The van der Waals surface area contributed by atoms with E-state index in [0.717, 1.165) is 13.1 Å². The van der Waals surface area contributed by atoms with Gasteiger partial charge in [-0.15, -0.1) is 0 Å². The van der Waals surface area contributed by atoms with Gasteiger partial charge in [0.15, 0.2) is 0 Å². The highest BCUT2D eigenvalue weighted by molar-refractivity contribution is 5.78. The molecule has 1 aliphatic rings. The summed E-state index contributed by atoms with van der Waals surface area (Å²) in [4.78, 5) is 15.5. The Hall–Kier alpha value is -1.08. The van der Waals surface area contributed by atoms with Crippen molar-refractivity contribution in [2.45, 2.75) is 32.4 Å². The molecule has 0 radical (unpaired) electrons. The van der Waals surface area contributed by atoms with E-state index in [1.807, 2.05) is 6.07 Å². The van der Waals surface area contributed by atoms with Crippen molar-refractivity contribution in [1.29, 1.82) is 5.26 Å². The quantitative estimate of drug-likeness (QED) is 0.610. The molecule has 0 spiro atoms. The zero-order valence-electron chi connectivity index (χ0n) is 9.03. The molecular formula is C10H17N3O. The fourth-order valence-electron chi connectivity index (χ4n) is 1.79. The molecule has 4 heteroatoms. The van der Waals surface area contributed by atoms with E-state index in [2.05, 4.69) is 25.8 Å². The Balaban J connectivity index is 2.58. The molecular weight excluding hydrogens is 178 g/mol. The lowest BCUT2D eigenvalue weighted by molar-refractivity contribution is -0.134. The highest BCUT2D eigenvalue weighted by atomic mass is 16.2. The molecule has 2 atom stereocenters. The first-order valence-corrected chi connectivity index (χ1v) is 4.93. The van der Waals surface area contributed by atoms with E-state index in [0.29, 0.717) is 12.1 Å². The van der Waals surface area contributed by atoms with E-state index in [-0.39, 0.29) is 12.3 Å². The lowest BCUT2D eigenvalue weighted by Gasteiger charge is -2.42. The van der Waals surface area contributed by atoms with Crippen LogP contribution in [0.2, 0.25) is 0 Å². The Morgan fingerprint density at radius 1 is 1.43 bits per heavy atom. The standard InChI is InChI=1S/C10H17N3O/c1-8-6-13(10(14)4-5-11)7-9(2)12(8)3/h8-9H,4,6-7H2,1-3H3/t8-,9+. The summed E-state index contributed by atoms with van der Waals surface area (Å²) < 4.78 is 0. The number of likely N-dealkylation sites (N-methyl/N-ethyl adjacent to an activating group) is 1. The summed E-state index contributed by atoms with van der Waals surface area (Å²) in [7, 11) is 2.07. The number of amides is 1. The molecule has 0 aromatic carbocycles. The van der Waals surface area contributed by atoms with Crippen molar-refractivity contribution in [3.63, 3.8) is 0 Å². The highest BCUT2D eigenvalue weighted by Crippen LogP contribution is 2.13. The van der Waals surface area contributed by atoms with E-state index < -0.39 is 0 Å². The summed E-state index contributed by atoms with van der Waals surface area (Å²) in [5, 5.41) is 8.44. The topological polar surface area (TPSA) is 47.3 Å². The number of nitriles is 1. The number of hydrogen-bond acceptors (Lipinski definition) is 3. The van der Waals surface area contributed by atoms with E-state index in [9.17, 15) is 4.79 Å². The molecule has 78 valence electrons. The maximum atomic E-state index is 11.5. The van der Waals surface area contributed by atoms with Crippen LogP contribution in [0.5, 0.6) is 0 Å². The molecule has 0 aromatic heterocycles. The molecule has 1 heterocycles. The van der Waals surface area contributed by atoms with Gasteiger partial charge in [0.1, 0.15) is 6.42 Å². The van der Waals surface area contributed by atoms with Gasteiger partial charge in [0.2, 0.25) is 5.91 Å². The van der Waals surface area contributed by atoms with Crippen LogP contribution in [0.1, 0.15) is 20.3 Å². The van der Waals surface area contributed by atoms with Gasteiger partial charge in [-0.05, 0) is 20.9 Å². The van der Waals surface area contributed by atoms with Crippen LogP contribution in [-0.4, -0.2) is 47.9 Å². The molecule has 1 amide bonds. The van der Waals surface area contributed by atoms with Gasteiger partial charge < -0.3 is 4.90 Å². The van der Waals surface area contributed by atoms with Gasteiger partial charge in [-0.1, -0.05) is 0 Å². The lowest BCUT2D eigenvalue weighted by Crippen LogP contribution is -2.56. The van der Waals surface area contributed by atoms with Gasteiger partial charge in [0.05, 0.1) is 6.07 Å². The molecule has 0 saturated carbocycles. The predicted molar refractivity (Wildman–Crippen MR) is 53.5 cm³/mol.